The summed E-state index contributed by atoms with van der Waals surface area (Å²) in [6.45, 7) is 1.56. The van der Waals surface area contributed by atoms with Gasteiger partial charge in [-0.3, -0.25) is 4.79 Å². The Kier molecular flexibility index (Phi) is 7.16. The molecule has 1 aromatic heterocycles. The van der Waals surface area contributed by atoms with Crippen molar-refractivity contribution in [2.45, 2.75) is 24.2 Å². The Hall–Kier alpha value is -2.97. The molecule has 0 aliphatic heterocycles. The molecule has 0 amide bonds. The fourth-order valence-corrected chi connectivity index (χ4v) is 4.47. The molecular formula is C23H22ClFN2O4S. The first-order chi connectivity index (χ1) is 15.2. The third-order valence-corrected chi connectivity index (χ3v) is 7.27. The van der Waals surface area contributed by atoms with Gasteiger partial charge in [-0.25, -0.2) is 12.8 Å². The smallest absolute Gasteiger partial charge is 0.250 e. The third kappa shape index (κ3) is 5.08. The molecule has 1 atom stereocenters. The zero-order valence-corrected chi connectivity index (χ0v) is 19.1. The van der Waals surface area contributed by atoms with Crippen LogP contribution in [0, 0.1) is 5.82 Å². The molecule has 32 heavy (non-hydrogen) atoms. The van der Waals surface area contributed by atoms with Crippen molar-refractivity contribution >= 4 is 27.1 Å². The lowest BCUT2D eigenvalue weighted by atomic mass is 9.85. The predicted molar refractivity (Wildman–Crippen MR) is 122 cm³/mol. The summed E-state index contributed by atoms with van der Waals surface area (Å²) < 4.78 is 40.3. The number of rotatable bonds is 7. The van der Waals surface area contributed by atoms with Gasteiger partial charge in [0, 0.05) is 35.8 Å². The Morgan fingerprint density at radius 1 is 1.16 bits per heavy atom. The maximum atomic E-state index is 14.6. The van der Waals surface area contributed by atoms with E-state index in [1.165, 1.54) is 41.1 Å². The van der Waals surface area contributed by atoms with E-state index in [0.29, 0.717) is 16.7 Å². The number of aryl methyl sites for hydroxylation is 1. The van der Waals surface area contributed by atoms with Gasteiger partial charge in [0.25, 0.3) is 0 Å². The van der Waals surface area contributed by atoms with Gasteiger partial charge in [0.1, 0.15) is 5.82 Å². The van der Waals surface area contributed by atoms with Crippen molar-refractivity contribution in [3.63, 3.8) is 0 Å². The molecule has 0 bridgehead atoms. The molecule has 6 nitrogen and oxygen atoms in total. The molecule has 0 fully saturated rings. The second-order valence-corrected chi connectivity index (χ2v) is 10.0. The number of nitrogens with zero attached hydrogens (tertiary/aromatic N) is 2. The topological polar surface area (TPSA) is 88.7 Å². The Morgan fingerprint density at radius 2 is 1.84 bits per heavy atom. The summed E-state index contributed by atoms with van der Waals surface area (Å²) in [5, 5.41) is 13.6. The molecule has 168 valence electrons. The molecule has 1 heterocycles. The van der Waals surface area contributed by atoms with E-state index in [9.17, 15) is 22.8 Å². The Labute approximate surface area is 190 Å². The van der Waals surface area contributed by atoms with E-state index < -0.39 is 21.6 Å². The lowest BCUT2D eigenvalue weighted by Gasteiger charge is -2.20. The molecule has 2 aromatic carbocycles. The first kappa shape index (κ1) is 23.7. The van der Waals surface area contributed by atoms with E-state index in [1.807, 2.05) is 0 Å². The highest BCUT2D eigenvalue weighted by molar-refractivity contribution is 7.91. The van der Waals surface area contributed by atoms with Crippen LogP contribution in [0.1, 0.15) is 29.5 Å². The molecule has 0 spiro atoms. The Balaban J connectivity index is 2.12. The van der Waals surface area contributed by atoms with Gasteiger partial charge in [-0.1, -0.05) is 41.9 Å². The monoisotopic (exact) mass is 476 g/mol. The predicted octanol–water partition coefficient (Wildman–Crippen LogP) is 4.18. The standard InChI is InChI=1S/C23H22ClFN2O4S/c1-3-32(30,31)19-9-5-15(6-10-19)20(12-16-4-8-18(24)13-21(16)25)23(26-29)17-7-11-22(28)27(2)14-17/h4-11,13-14,20,29H,3,12H2,1-2H3/b26-23-. The molecule has 3 rings (SSSR count). The van der Waals surface area contributed by atoms with Crippen LogP contribution in [-0.4, -0.2) is 29.7 Å². The molecule has 9 heteroatoms. The van der Waals surface area contributed by atoms with Crippen LogP contribution in [0.3, 0.4) is 0 Å². The van der Waals surface area contributed by atoms with E-state index >= 15 is 0 Å². The summed E-state index contributed by atoms with van der Waals surface area (Å²) in [6.07, 6.45) is 1.64. The van der Waals surface area contributed by atoms with E-state index in [4.69, 9.17) is 11.6 Å². The van der Waals surface area contributed by atoms with Crippen molar-refractivity contribution in [1.29, 1.82) is 0 Å². The molecule has 3 aromatic rings. The van der Waals surface area contributed by atoms with Crippen molar-refractivity contribution in [2.24, 2.45) is 12.2 Å². The van der Waals surface area contributed by atoms with Gasteiger partial charge in [-0.2, -0.15) is 0 Å². The summed E-state index contributed by atoms with van der Waals surface area (Å²) in [5.41, 5.74) is 1.41. The van der Waals surface area contributed by atoms with Crippen LogP contribution in [-0.2, 0) is 23.3 Å². The van der Waals surface area contributed by atoms with Crippen LogP contribution in [0.2, 0.25) is 5.02 Å². The molecule has 0 aliphatic carbocycles. The zero-order valence-electron chi connectivity index (χ0n) is 17.5. The second-order valence-electron chi connectivity index (χ2n) is 7.32. The van der Waals surface area contributed by atoms with Gasteiger partial charge in [0.2, 0.25) is 5.56 Å². The fourth-order valence-electron chi connectivity index (χ4n) is 3.43. The lowest BCUT2D eigenvalue weighted by molar-refractivity contribution is 0.317. The van der Waals surface area contributed by atoms with Crippen LogP contribution in [0.5, 0.6) is 0 Å². The van der Waals surface area contributed by atoms with Crippen molar-refractivity contribution in [3.05, 3.63) is 98.7 Å². The summed E-state index contributed by atoms with van der Waals surface area (Å²) in [5.74, 6) is -1.18. The summed E-state index contributed by atoms with van der Waals surface area (Å²) in [7, 11) is -1.82. The number of hydrogen-bond acceptors (Lipinski definition) is 5. The van der Waals surface area contributed by atoms with Crippen molar-refractivity contribution in [3.8, 4) is 0 Å². The number of aromatic nitrogens is 1. The minimum absolute atomic E-state index is 0.0346. The average Bonchev–Trinajstić information content (AvgIpc) is 2.77. The highest BCUT2D eigenvalue weighted by Crippen LogP contribution is 2.29. The summed E-state index contributed by atoms with van der Waals surface area (Å²) in [4.78, 5) is 12.0. The fraction of sp³-hybridized carbons (Fsp3) is 0.217. The molecule has 0 saturated heterocycles. The SMILES string of the molecule is CCS(=O)(=O)c1ccc(C(Cc2ccc(Cl)cc2F)/C(=N\O)c2ccc(=O)n(C)c2)cc1. The second kappa shape index (κ2) is 9.67. The summed E-state index contributed by atoms with van der Waals surface area (Å²) in [6, 6.07) is 13.4. The number of oxime groups is 1. The number of sulfone groups is 1. The van der Waals surface area contributed by atoms with Crippen LogP contribution in [0.4, 0.5) is 4.39 Å². The number of benzene rings is 2. The van der Waals surface area contributed by atoms with E-state index in [0.717, 1.165) is 0 Å². The van der Waals surface area contributed by atoms with Gasteiger partial charge in [-0.05, 0) is 47.9 Å². The van der Waals surface area contributed by atoms with Crippen LogP contribution in [0.25, 0.3) is 0 Å². The molecule has 0 radical (unpaired) electrons. The van der Waals surface area contributed by atoms with Gasteiger partial charge < -0.3 is 9.77 Å². The quantitative estimate of drug-likeness (QED) is 0.315. The Morgan fingerprint density at radius 3 is 2.41 bits per heavy atom. The zero-order chi connectivity index (χ0) is 23.5. The van der Waals surface area contributed by atoms with Gasteiger partial charge in [0.05, 0.1) is 16.4 Å². The Bertz CT molecular complexity index is 1320. The molecule has 1 unspecified atom stereocenters. The van der Waals surface area contributed by atoms with Gasteiger partial charge in [0.15, 0.2) is 9.84 Å². The molecule has 0 aliphatic rings. The van der Waals surface area contributed by atoms with E-state index in [2.05, 4.69) is 5.16 Å². The van der Waals surface area contributed by atoms with Crippen molar-refractivity contribution < 1.29 is 18.0 Å². The van der Waals surface area contributed by atoms with Gasteiger partial charge >= 0.3 is 0 Å². The number of hydrogen-bond donors (Lipinski definition) is 1. The van der Waals surface area contributed by atoms with Crippen LogP contribution >= 0.6 is 11.6 Å². The average molecular weight is 477 g/mol. The number of pyridine rings is 1. The van der Waals surface area contributed by atoms with Crippen molar-refractivity contribution in [1.82, 2.24) is 4.57 Å². The first-order valence-electron chi connectivity index (χ1n) is 9.82. The van der Waals surface area contributed by atoms with E-state index in [-0.39, 0.29) is 33.4 Å². The summed E-state index contributed by atoms with van der Waals surface area (Å²) >= 11 is 5.87. The minimum atomic E-state index is -3.39. The highest BCUT2D eigenvalue weighted by atomic mass is 35.5. The normalized spacial score (nSPS) is 13.2. The number of halogens is 2. The molecule has 0 saturated carbocycles. The van der Waals surface area contributed by atoms with Gasteiger partial charge in [-0.15, -0.1) is 0 Å². The maximum Gasteiger partial charge on any atom is 0.250 e. The van der Waals surface area contributed by atoms with E-state index in [1.54, 1.807) is 38.2 Å². The lowest BCUT2D eigenvalue weighted by Crippen LogP contribution is -2.22. The largest absolute Gasteiger partial charge is 0.411 e. The first-order valence-corrected chi connectivity index (χ1v) is 11.8. The molecular weight excluding hydrogens is 455 g/mol. The van der Waals surface area contributed by atoms with Crippen LogP contribution in [0.15, 0.2) is 75.6 Å². The highest BCUT2D eigenvalue weighted by Gasteiger charge is 2.24. The minimum Gasteiger partial charge on any atom is -0.411 e. The maximum absolute atomic E-state index is 14.6. The molecule has 1 N–H and O–H groups in total. The van der Waals surface area contributed by atoms with Crippen molar-refractivity contribution in [2.75, 3.05) is 5.75 Å². The van der Waals surface area contributed by atoms with Crippen LogP contribution < -0.4 is 5.56 Å². The third-order valence-electron chi connectivity index (χ3n) is 5.28.